The predicted molar refractivity (Wildman–Crippen MR) is 95.0 cm³/mol. The lowest BCUT2D eigenvalue weighted by Gasteiger charge is -2.17. The maximum absolute atomic E-state index is 12.3. The Kier molecular flexibility index (Phi) is 6.44. The van der Waals surface area contributed by atoms with E-state index in [4.69, 9.17) is 14.0 Å². The van der Waals surface area contributed by atoms with Crippen molar-refractivity contribution in [2.24, 2.45) is 0 Å². The molecule has 0 spiro atoms. The van der Waals surface area contributed by atoms with Crippen molar-refractivity contribution in [1.82, 2.24) is 10.5 Å². The number of methoxy groups -OCH3 is 1. The van der Waals surface area contributed by atoms with E-state index in [1.54, 1.807) is 7.11 Å². The van der Waals surface area contributed by atoms with Crippen LogP contribution in [0.25, 0.3) is 0 Å². The summed E-state index contributed by atoms with van der Waals surface area (Å²) in [7, 11) is 1.61. The monoisotopic (exact) mass is 346 g/mol. The Morgan fingerprint density at radius 3 is 2.68 bits per heavy atom. The smallest absolute Gasteiger partial charge is 0.225 e. The Hall–Kier alpha value is -2.50. The maximum atomic E-state index is 12.3. The number of aromatic nitrogens is 1. The first-order chi connectivity index (χ1) is 12.0. The standard InChI is InChI=1S/C19H26N2O4/c1-6-9-24-17-8-7-15(10-18(17)23-5)12(2)20-19(22)11-16-13(3)21-25-14(16)4/h7-8,10,12H,6,9,11H2,1-5H3,(H,20,22). The quantitative estimate of drug-likeness (QED) is 0.792. The zero-order valence-electron chi connectivity index (χ0n) is 15.5. The lowest BCUT2D eigenvalue weighted by atomic mass is 10.1. The molecule has 0 bridgehead atoms. The van der Waals surface area contributed by atoms with Crippen molar-refractivity contribution >= 4 is 5.91 Å². The highest BCUT2D eigenvalue weighted by Gasteiger charge is 2.17. The molecule has 0 saturated heterocycles. The van der Waals surface area contributed by atoms with Gasteiger partial charge >= 0.3 is 0 Å². The van der Waals surface area contributed by atoms with E-state index in [1.165, 1.54) is 0 Å². The molecular weight excluding hydrogens is 320 g/mol. The summed E-state index contributed by atoms with van der Waals surface area (Å²) in [6.45, 7) is 8.28. The topological polar surface area (TPSA) is 73.6 Å². The highest BCUT2D eigenvalue weighted by atomic mass is 16.5. The van der Waals surface area contributed by atoms with Crippen molar-refractivity contribution in [1.29, 1.82) is 0 Å². The Labute approximate surface area is 148 Å². The van der Waals surface area contributed by atoms with Crippen LogP contribution < -0.4 is 14.8 Å². The molecule has 1 unspecified atom stereocenters. The van der Waals surface area contributed by atoms with Crippen LogP contribution in [0.15, 0.2) is 22.7 Å². The maximum Gasteiger partial charge on any atom is 0.225 e. The summed E-state index contributed by atoms with van der Waals surface area (Å²) in [5.74, 6) is 1.98. The van der Waals surface area contributed by atoms with Gasteiger partial charge in [0, 0.05) is 5.56 Å². The van der Waals surface area contributed by atoms with Crippen LogP contribution in [0.3, 0.4) is 0 Å². The van der Waals surface area contributed by atoms with Crippen LogP contribution in [0.2, 0.25) is 0 Å². The molecule has 0 aliphatic carbocycles. The second-order valence-corrected chi connectivity index (χ2v) is 6.03. The summed E-state index contributed by atoms with van der Waals surface area (Å²) in [5, 5.41) is 6.88. The molecule has 1 atom stereocenters. The second kappa shape index (κ2) is 8.55. The van der Waals surface area contributed by atoms with Crippen molar-refractivity contribution < 1.29 is 18.8 Å². The zero-order valence-corrected chi connectivity index (χ0v) is 15.5. The van der Waals surface area contributed by atoms with Gasteiger partial charge in [0.25, 0.3) is 0 Å². The minimum atomic E-state index is -0.151. The molecular formula is C19H26N2O4. The van der Waals surface area contributed by atoms with Crippen LogP contribution in [0, 0.1) is 13.8 Å². The molecule has 1 heterocycles. The fourth-order valence-corrected chi connectivity index (χ4v) is 2.58. The number of carbonyl (C=O) groups excluding carboxylic acids is 1. The molecule has 1 amide bonds. The normalized spacial score (nSPS) is 11.9. The molecule has 0 saturated carbocycles. The van der Waals surface area contributed by atoms with E-state index in [9.17, 15) is 4.79 Å². The van der Waals surface area contributed by atoms with Crippen LogP contribution >= 0.6 is 0 Å². The minimum Gasteiger partial charge on any atom is -0.493 e. The van der Waals surface area contributed by atoms with Gasteiger partial charge in [-0.1, -0.05) is 18.1 Å². The Morgan fingerprint density at radius 2 is 2.08 bits per heavy atom. The molecule has 1 aromatic carbocycles. The number of aryl methyl sites for hydroxylation is 2. The van der Waals surface area contributed by atoms with Crippen LogP contribution in [-0.2, 0) is 11.2 Å². The number of benzene rings is 1. The van der Waals surface area contributed by atoms with Crippen molar-refractivity contribution in [3.63, 3.8) is 0 Å². The Balaban J connectivity index is 2.04. The summed E-state index contributed by atoms with van der Waals surface area (Å²) in [5.41, 5.74) is 2.54. The number of hydrogen-bond donors (Lipinski definition) is 1. The minimum absolute atomic E-state index is 0.0767. The summed E-state index contributed by atoms with van der Waals surface area (Å²) >= 11 is 0. The molecule has 0 aliphatic heterocycles. The van der Waals surface area contributed by atoms with E-state index in [0.29, 0.717) is 23.9 Å². The number of amides is 1. The average Bonchev–Trinajstić information content (AvgIpc) is 2.91. The van der Waals surface area contributed by atoms with Crippen LogP contribution in [0.1, 0.15) is 48.9 Å². The van der Waals surface area contributed by atoms with Gasteiger partial charge in [0.2, 0.25) is 5.91 Å². The van der Waals surface area contributed by atoms with E-state index in [-0.39, 0.29) is 18.4 Å². The van der Waals surface area contributed by atoms with Gasteiger partial charge in [-0.2, -0.15) is 0 Å². The van der Waals surface area contributed by atoms with Gasteiger partial charge in [-0.3, -0.25) is 4.79 Å². The van der Waals surface area contributed by atoms with E-state index in [2.05, 4.69) is 17.4 Å². The van der Waals surface area contributed by atoms with Gasteiger partial charge in [-0.15, -0.1) is 0 Å². The zero-order chi connectivity index (χ0) is 18.4. The first kappa shape index (κ1) is 18.8. The highest BCUT2D eigenvalue weighted by Crippen LogP contribution is 2.30. The number of nitrogens with one attached hydrogen (secondary N) is 1. The third-order valence-corrected chi connectivity index (χ3v) is 4.05. The first-order valence-corrected chi connectivity index (χ1v) is 8.48. The lowest BCUT2D eigenvalue weighted by Crippen LogP contribution is -2.28. The summed E-state index contributed by atoms with van der Waals surface area (Å²) in [6.07, 6.45) is 1.18. The highest BCUT2D eigenvalue weighted by molar-refractivity contribution is 5.79. The molecule has 0 aliphatic rings. The van der Waals surface area contributed by atoms with Gasteiger partial charge in [0.1, 0.15) is 5.76 Å². The van der Waals surface area contributed by atoms with E-state index >= 15 is 0 Å². The van der Waals surface area contributed by atoms with Gasteiger partial charge in [0.05, 0.1) is 31.9 Å². The summed E-state index contributed by atoms with van der Waals surface area (Å²) in [4.78, 5) is 12.3. The molecule has 2 rings (SSSR count). The first-order valence-electron chi connectivity index (χ1n) is 8.48. The second-order valence-electron chi connectivity index (χ2n) is 6.03. The number of hydrogen-bond acceptors (Lipinski definition) is 5. The largest absolute Gasteiger partial charge is 0.493 e. The molecule has 25 heavy (non-hydrogen) atoms. The molecule has 0 radical (unpaired) electrons. The van der Waals surface area contributed by atoms with Gasteiger partial charge in [-0.25, -0.2) is 0 Å². The van der Waals surface area contributed by atoms with Crippen molar-refractivity contribution in [2.45, 2.75) is 46.6 Å². The summed E-state index contributed by atoms with van der Waals surface area (Å²) < 4.78 is 16.2. The van der Waals surface area contributed by atoms with Crippen LogP contribution in [0.4, 0.5) is 0 Å². The molecule has 1 aromatic heterocycles. The Bertz CT molecular complexity index is 705. The third-order valence-electron chi connectivity index (χ3n) is 4.05. The van der Waals surface area contributed by atoms with E-state index < -0.39 is 0 Å². The molecule has 6 heteroatoms. The Morgan fingerprint density at radius 1 is 1.32 bits per heavy atom. The van der Waals surface area contributed by atoms with Crippen molar-refractivity contribution in [3.05, 3.63) is 40.8 Å². The summed E-state index contributed by atoms with van der Waals surface area (Å²) in [6, 6.07) is 5.56. The fourth-order valence-electron chi connectivity index (χ4n) is 2.58. The number of rotatable bonds is 8. The number of nitrogens with zero attached hydrogens (tertiary/aromatic N) is 1. The molecule has 6 nitrogen and oxygen atoms in total. The van der Waals surface area contributed by atoms with E-state index in [1.807, 2.05) is 39.0 Å². The fraction of sp³-hybridized carbons (Fsp3) is 0.474. The SMILES string of the molecule is CCCOc1ccc(C(C)NC(=O)Cc2c(C)noc2C)cc1OC. The third kappa shape index (κ3) is 4.75. The van der Waals surface area contributed by atoms with Gasteiger partial charge in [0.15, 0.2) is 11.5 Å². The molecule has 136 valence electrons. The average molecular weight is 346 g/mol. The molecule has 2 aromatic rings. The number of carbonyl (C=O) groups is 1. The predicted octanol–water partition coefficient (Wildman–Crippen LogP) is 3.51. The number of ether oxygens (including phenoxy) is 2. The van der Waals surface area contributed by atoms with Gasteiger partial charge < -0.3 is 19.3 Å². The lowest BCUT2D eigenvalue weighted by molar-refractivity contribution is -0.121. The van der Waals surface area contributed by atoms with Crippen LogP contribution in [0.5, 0.6) is 11.5 Å². The van der Waals surface area contributed by atoms with Gasteiger partial charge in [-0.05, 0) is 44.9 Å². The molecule has 0 fully saturated rings. The van der Waals surface area contributed by atoms with Crippen LogP contribution in [-0.4, -0.2) is 24.8 Å². The molecule has 1 N–H and O–H groups in total. The van der Waals surface area contributed by atoms with E-state index in [0.717, 1.165) is 23.2 Å². The van der Waals surface area contributed by atoms with Crippen molar-refractivity contribution in [3.8, 4) is 11.5 Å². The van der Waals surface area contributed by atoms with Crippen molar-refractivity contribution in [2.75, 3.05) is 13.7 Å².